The van der Waals surface area contributed by atoms with Gasteiger partial charge in [0.05, 0.1) is 10.2 Å². The van der Waals surface area contributed by atoms with E-state index in [1.54, 1.807) is 34.6 Å². The Morgan fingerprint density at radius 3 is 1.96 bits per heavy atom. The van der Waals surface area contributed by atoms with Crippen LogP contribution in [0.2, 0.25) is 0 Å². The molecule has 0 aliphatic carbocycles. The van der Waals surface area contributed by atoms with Gasteiger partial charge in [-0.3, -0.25) is 9.59 Å². The highest BCUT2D eigenvalue weighted by Crippen LogP contribution is 2.30. The van der Waals surface area contributed by atoms with E-state index in [0.717, 1.165) is 0 Å². The van der Waals surface area contributed by atoms with Gasteiger partial charge in [0, 0.05) is 5.92 Å². The van der Waals surface area contributed by atoms with E-state index in [1.165, 1.54) is 13.8 Å². The van der Waals surface area contributed by atoms with E-state index in [9.17, 15) is 24.3 Å². The van der Waals surface area contributed by atoms with E-state index in [-0.39, 0.29) is 0 Å². The van der Waals surface area contributed by atoms with Crippen LogP contribution in [0.25, 0.3) is 0 Å². The summed E-state index contributed by atoms with van der Waals surface area (Å²) >= 11 is 0.603. The molecule has 0 spiro atoms. The second kappa shape index (κ2) is 9.07. The van der Waals surface area contributed by atoms with Gasteiger partial charge in [-0.05, 0) is 46.4 Å². The summed E-state index contributed by atoms with van der Waals surface area (Å²) < 4.78 is 8.44. The molecule has 0 saturated carbocycles. The molecule has 2 N–H and O–H groups in total. The molecule has 8 nitrogen and oxygen atoms in total. The first-order chi connectivity index (χ1) is 11.2. The maximum absolute atomic E-state index is 11.9. The van der Waals surface area contributed by atoms with Gasteiger partial charge in [-0.1, -0.05) is 13.8 Å². The van der Waals surface area contributed by atoms with Gasteiger partial charge in [0.25, 0.3) is 0 Å². The Morgan fingerprint density at radius 1 is 1.04 bits per heavy atom. The summed E-state index contributed by atoms with van der Waals surface area (Å²) in [6.07, 6.45) is 0. The highest BCUT2D eigenvalue weighted by atomic mass is 32.2. The number of aliphatic carboxylic acids is 1. The van der Waals surface area contributed by atoms with Crippen LogP contribution in [0.1, 0.15) is 48.5 Å². The molecule has 0 heterocycles. The third kappa shape index (κ3) is 8.24. The summed E-state index contributed by atoms with van der Waals surface area (Å²) in [6, 6.07) is -1.29. The van der Waals surface area contributed by atoms with Gasteiger partial charge in [0.1, 0.15) is 6.04 Å². The van der Waals surface area contributed by atoms with E-state index in [4.69, 9.17) is 9.47 Å². The number of nitrogens with one attached hydrogen (secondary N) is 1. The second-order valence-corrected chi connectivity index (χ2v) is 8.92. The van der Waals surface area contributed by atoms with E-state index in [2.05, 4.69) is 5.32 Å². The number of amides is 1. The number of rotatable bonds is 7. The highest BCUT2D eigenvalue weighted by molar-refractivity contribution is 8.14. The summed E-state index contributed by atoms with van der Waals surface area (Å²) in [5.41, 5.74) is -0.728. The molecule has 0 fully saturated rings. The monoisotopic (exact) mass is 377 g/mol. The van der Waals surface area contributed by atoms with Crippen LogP contribution in [-0.2, 0) is 23.9 Å². The fraction of sp³-hybridized carbons (Fsp3) is 0.750. The normalized spacial score (nSPS) is 13.1. The minimum atomic E-state index is -1.29. The number of carbonyl (C=O) groups is 4. The molecule has 0 aromatic rings. The lowest BCUT2D eigenvalue weighted by molar-refractivity contribution is -0.160. The zero-order chi connectivity index (χ0) is 20.0. The van der Waals surface area contributed by atoms with Gasteiger partial charge in [-0.15, -0.1) is 0 Å². The lowest BCUT2D eigenvalue weighted by Gasteiger charge is -2.30. The summed E-state index contributed by atoms with van der Waals surface area (Å²) in [5.74, 6) is -2.63. The predicted octanol–water partition coefficient (Wildman–Crippen LogP) is 2.41. The van der Waals surface area contributed by atoms with Crippen molar-refractivity contribution in [3.8, 4) is 0 Å². The van der Waals surface area contributed by atoms with Crippen LogP contribution in [-0.4, -0.2) is 45.8 Å². The predicted molar refractivity (Wildman–Crippen MR) is 93.0 cm³/mol. The van der Waals surface area contributed by atoms with Crippen molar-refractivity contribution in [2.75, 3.05) is 6.79 Å². The third-order valence-electron chi connectivity index (χ3n) is 3.08. The lowest BCUT2D eigenvalue weighted by atomic mass is 9.98. The number of hydrogen-bond acceptors (Lipinski definition) is 7. The molecule has 0 bridgehead atoms. The fourth-order valence-corrected chi connectivity index (χ4v) is 2.31. The Kier molecular flexibility index (Phi) is 8.43. The molecule has 144 valence electrons. The maximum Gasteiger partial charge on any atom is 0.370 e. The Morgan fingerprint density at radius 2 is 1.56 bits per heavy atom. The molecule has 0 saturated heterocycles. The van der Waals surface area contributed by atoms with Crippen molar-refractivity contribution in [3.63, 3.8) is 0 Å². The Balaban J connectivity index is 4.74. The standard InChI is InChI=1S/C16H27NO7S/c1-9(2)11(18)17-10(12(19)20)16(6,7)25-14(22)24-8-23-13(21)15(3,4)5/h9-10H,8H2,1-7H3,(H,17,18)(H,19,20)/t10-/m0/s1. The van der Waals surface area contributed by atoms with E-state index in [0.29, 0.717) is 11.8 Å². The molecule has 0 aromatic carbocycles. The topological polar surface area (TPSA) is 119 Å². The number of thioether (sulfide) groups is 1. The Labute approximate surface area is 152 Å². The smallest absolute Gasteiger partial charge is 0.370 e. The largest absolute Gasteiger partial charge is 0.480 e. The first kappa shape index (κ1) is 23.2. The Hall–Kier alpha value is -1.77. The van der Waals surface area contributed by atoms with Crippen LogP contribution >= 0.6 is 11.8 Å². The second-order valence-electron chi connectivity index (χ2n) is 7.33. The molecule has 9 heteroatoms. The molecular weight excluding hydrogens is 350 g/mol. The number of carboxylic acid groups (broad SMARTS) is 1. The van der Waals surface area contributed by atoms with Crippen molar-refractivity contribution in [2.24, 2.45) is 11.3 Å². The molecule has 1 atom stereocenters. The lowest BCUT2D eigenvalue weighted by Crippen LogP contribution is -2.53. The first-order valence-electron chi connectivity index (χ1n) is 7.74. The molecule has 0 aromatic heterocycles. The highest BCUT2D eigenvalue weighted by Gasteiger charge is 2.40. The van der Waals surface area contributed by atoms with E-state index in [1.807, 2.05) is 0 Å². The number of esters is 1. The van der Waals surface area contributed by atoms with Crippen molar-refractivity contribution >= 4 is 34.9 Å². The van der Waals surface area contributed by atoms with Crippen LogP contribution in [0.15, 0.2) is 0 Å². The number of carboxylic acids is 1. The van der Waals surface area contributed by atoms with Crippen molar-refractivity contribution in [3.05, 3.63) is 0 Å². The van der Waals surface area contributed by atoms with Gasteiger partial charge in [0.15, 0.2) is 0 Å². The van der Waals surface area contributed by atoms with Crippen LogP contribution < -0.4 is 5.32 Å². The summed E-state index contributed by atoms with van der Waals surface area (Å²) in [5, 5.41) is 10.9. The molecule has 25 heavy (non-hydrogen) atoms. The van der Waals surface area contributed by atoms with Gasteiger partial charge < -0.3 is 19.9 Å². The van der Waals surface area contributed by atoms with Crippen LogP contribution in [0.3, 0.4) is 0 Å². The van der Waals surface area contributed by atoms with Crippen LogP contribution in [0.4, 0.5) is 4.79 Å². The average molecular weight is 377 g/mol. The van der Waals surface area contributed by atoms with Crippen molar-refractivity contribution in [1.29, 1.82) is 0 Å². The van der Waals surface area contributed by atoms with Gasteiger partial charge in [-0.25, -0.2) is 9.59 Å². The van der Waals surface area contributed by atoms with Crippen molar-refractivity contribution in [1.82, 2.24) is 5.32 Å². The molecule has 0 aliphatic rings. The number of hydrogen-bond donors (Lipinski definition) is 2. The fourth-order valence-electron chi connectivity index (χ4n) is 1.49. The quantitative estimate of drug-likeness (QED) is 0.513. The molecule has 0 unspecified atom stereocenters. The van der Waals surface area contributed by atoms with Crippen LogP contribution in [0.5, 0.6) is 0 Å². The third-order valence-corrected chi connectivity index (χ3v) is 4.12. The van der Waals surface area contributed by atoms with Crippen LogP contribution in [0, 0.1) is 11.3 Å². The summed E-state index contributed by atoms with van der Waals surface area (Å²) in [7, 11) is 0. The van der Waals surface area contributed by atoms with Gasteiger partial charge >= 0.3 is 17.2 Å². The molecule has 1 amide bonds. The SMILES string of the molecule is CC(C)C(=O)N[C@@H](C(=O)O)C(C)(C)SC(=O)OCOC(=O)C(C)(C)C. The summed E-state index contributed by atoms with van der Waals surface area (Å²) in [4.78, 5) is 46.7. The Bertz CT molecular complexity index is 523. The number of ether oxygens (including phenoxy) is 2. The maximum atomic E-state index is 11.9. The van der Waals surface area contributed by atoms with E-state index < -0.39 is 52.1 Å². The minimum Gasteiger partial charge on any atom is -0.480 e. The van der Waals surface area contributed by atoms with Crippen molar-refractivity contribution < 1.29 is 33.8 Å². The van der Waals surface area contributed by atoms with Gasteiger partial charge in [0.2, 0.25) is 12.7 Å². The molecular formula is C16H27NO7S. The minimum absolute atomic E-state index is 0.397. The summed E-state index contributed by atoms with van der Waals surface area (Å²) in [6.45, 7) is 10.7. The number of carbonyl (C=O) groups excluding carboxylic acids is 3. The van der Waals surface area contributed by atoms with Gasteiger partial charge in [-0.2, -0.15) is 0 Å². The molecule has 0 rings (SSSR count). The zero-order valence-electron chi connectivity index (χ0n) is 15.7. The average Bonchev–Trinajstić information content (AvgIpc) is 2.41. The first-order valence-corrected chi connectivity index (χ1v) is 8.56. The zero-order valence-corrected chi connectivity index (χ0v) is 16.5. The molecule has 0 radical (unpaired) electrons. The van der Waals surface area contributed by atoms with E-state index >= 15 is 0 Å². The molecule has 0 aliphatic heterocycles. The van der Waals surface area contributed by atoms with Crippen molar-refractivity contribution in [2.45, 2.75) is 59.3 Å².